The Morgan fingerprint density at radius 3 is 2.55 bits per heavy atom. The summed E-state index contributed by atoms with van der Waals surface area (Å²) in [4.78, 5) is 26.0. The number of carbonyl (C=O) groups excluding carboxylic acids is 2. The summed E-state index contributed by atoms with van der Waals surface area (Å²) in [6.45, 7) is -0.101. The van der Waals surface area contributed by atoms with Gasteiger partial charge in [-0.15, -0.1) is 0 Å². The van der Waals surface area contributed by atoms with E-state index in [-0.39, 0.29) is 34.4 Å². The monoisotopic (exact) mass is 712 g/mol. The Labute approximate surface area is 271 Å². The molecule has 2 bridgehead atoms. The number of aliphatic hydroxyl groups excluding tert-OH is 1. The molecule has 0 aliphatic carbocycles. The molecule has 44 heavy (non-hydrogen) atoms. The number of aryl methyl sites for hydroxylation is 1. The fraction of sp³-hybridized carbons (Fsp3) is 0.412. The predicted octanol–water partition coefficient (Wildman–Crippen LogP) is 5.88. The molecule has 5 atom stereocenters. The molecule has 3 aliphatic heterocycles. The third-order valence-corrected chi connectivity index (χ3v) is 11.7. The number of carbonyl (C=O) groups is 2. The van der Waals surface area contributed by atoms with E-state index in [1.807, 2.05) is 48.5 Å². The molecular formula is C34H39IN3O6+. The number of quaternary nitrogens is 1. The molecule has 3 heterocycles. The van der Waals surface area contributed by atoms with Gasteiger partial charge in [0.05, 0.1) is 45.6 Å². The molecule has 3 aliphatic rings. The minimum absolute atomic E-state index is 0.0916. The highest BCUT2D eigenvalue weighted by molar-refractivity contribution is 14.1. The molecule has 3 saturated heterocycles. The van der Waals surface area contributed by atoms with E-state index in [1.165, 1.54) is 7.11 Å². The van der Waals surface area contributed by atoms with Crippen molar-refractivity contribution in [3.05, 3.63) is 77.9 Å². The van der Waals surface area contributed by atoms with Crippen molar-refractivity contribution in [2.24, 2.45) is 0 Å². The molecule has 2 amide bonds. The van der Waals surface area contributed by atoms with Gasteiger partial charge in [0.1, 0.15) is 24.0 Å². The van der Waals surface area contributed by atoms with Crippen molar-refractivity contribution in [1.29, 1.82) is 0 Å². The van der Waals surface area contributed by atoms with Crippen LogP contribution in [-0.4, -0.2) is 70.7 Å². The fourth-order valence-electron chi connectivity index (χ4n) is 6.87. The number of nitrogens with zero attached hydrogens (tertiary/aromatic N) is 1. The zero-order valence-electron chi connectivity index (χ0n) is 25.2. The number of fused-ring (bicyclic) bond motifs is 5. The molecule has 0 radical (unpaired) electrons. The number of aliphatic hydroxyl groups is 1. The first-order valence-corrected chi connectivity index (χ1v) is 16.1. The maximum atomic E-state index is 13.3. The number of methoxy groups -OCH3 is 1. The normalized spacial score (nSPS) is 25.9. The number of nitrogens with one attached hydrogen (secondary N) is 2. The molecule has 3 N–H and O–H groups in total. The number of likely N-dealkylation sites (N-methyl/N-ethyl adjacent to an activating group) is 1. The van der Waals surface area contributed by atoms with E-state index in [1.54, 1.807) is 18.2 Å². The van der Waals surface area contributed by atoms with Crippen LogP contribution in [-0.2, 0) is 27.3 Å². The van der Waals surface area contributed by atoms with E-state index in [0.29, 0.717) is 48.0 Å². The smallest absolute Gasteiger partial charge is 0.411 e. The van der Waals surface area contributed by atoms with E-state index in [4.69, 9.17) is 14.2 Å². The Morgan fingerprint density at radius 1 is 1.05 bits per heavy atom. The van der Waals surface area contributed by atoms with Crippen LogP contribution in [0.5, 0.6) is 5.75 Å². The standard InChI is InChI=1S/C34H38IN3O6/c1-38(2)28-18-24(19-34(38,35)32-31(28)44-32)43-33(41)37-27-16-21(12-14-25(27)23-9-5-4-6-10-23)8-7-11-30(40)36-26-15-13-22(20-39)17-29(26)42-3/h4-6,9-10,12-17,24,28,31-32,39H,7-8,11,18-20H2,1-3H3,(H-,36,37,40,41)/p+1/t24-,28-,31-,32+,34-/m0/s1. The molecule has 0 aromatic heterocycles. The summed E-state index contributed by atoms with van der Waals surface area (Å²) in [5.74, 6) is 0.383. The molecule has 0 spiro atoms. The van der Waals surface area contributed by atoms with Gasteiger partial charge in [-0.05, 0) is 70.3 Å². The number of ether oxygens (including phenoxy) is 3. The summed E-state index contributed by atoms with van der Waals surface area (Å²) >= 11 is 2.53. The average Bonchev–Trinajstić information content (AvgIpc) is 3.80. The summed E-state index contributed by atoms with van der Waals surface area (Å²) in [5.41, 5.74) is 4.87. The Kier molecular flexibility index (Phi) is 8.62. The van der Waals surface area contributed by atoms with E-state index in [2.05, 4.69) is 47.3 Å². The number of morpholine rings is 1. The highest BCUT2D eigenvalue weighted by atomic mass is 127. The second-order valence-corrected chi connectivity index (χ2v) is 14.2. The van der Waals surface area contributed by atoms with Crippen LogP contribution in [0.2, 0.25) is 0 Å². The summed E-state index contributed by atoms with van der Waals surface area (Å²) in [7, 11) is 6.05. The van der Waals surface area contributed by atoms with Gasteiger partial charge < -0.3 is 29.1 Å². The van der Waals surface area contributed by atoms with Crippen molar-refractivity contribution < 1.29 is 33.4 Å². The van der Waals surface area contributed by atoms with Crippen molar-refractivity contribution in [2.45, 2.75) is 66.6 Å². The quantitative estimate of drug-likeness (QED) is 0.0797. The van der Waals surface area contributed by atoms with Crippen molar-refractivity contribution >= 4 is 46.0 Å². The first kappa shape index (κ1) is 30.8. The lowest BCUT2D eigenvalue weighted by atomic mass is 9.96. The SMILES string of the molecule is COc1cc(CO)ccc1NC(=O)CCCc1ccc(-c2ccccc2)c(NC(=O)O[C@H]2C[C@H]3[C@@H]4O[C@H]4[C@](I)(C2)[N+]3(C)C)c1. The molecule has 3 aromatic rings. The van der Waals surface area contributed by atoms with Crippen molar-refractivity contribution in [1.82, 2.24) is 0 Å². The van der Waals surface area contributed by atoms with Gasteiger partial charge >= 0.3 is 6.09 Å². The molecule has 3 fully saturated rings. The molecular weight excluding hydrogens is 673 g/mol. The van der Waals surface area contributed by atoms with Crippen LogP contribution >= 0.6 is 22.6 Å². The maximum absolute atomic E-state index is 13.3. The van der Waals surface area contributed by atoms with Crippen LogP contribution < -0.4 is 15.4 Å². The van der Waals surface area contributed by atoms with Crippen LogP contribution in [0, 0.1) is 0 Å². The van der Waals surface area contributed by atoms with Gasteiger partial charge in [-0.1, -0.05) is 48.5 Å². The zero-order valence-corrected chi connectivity index (χ0v) is 27.4. The Balaban J connectivity index is 1.10. The summed E-state index contributed by atoms with van der Waals surface area (Å²) in [6.07, 6.45) is 3.02. The van der Waals surface area contributed by atoms with Crippen molar-refractivity contribution in [2.75, 3.05) is 31.8 Å². The minimum Gasteiger partial charge on any atom is -0.495 e. The summed E-state index contributed by atoms with van der Waals surface area (Å²) in [6, 6.07) is 21.5. The van der Waals surface area contributed by atoms with Crippen LogP contribution in [0.25, 0.3) is 11.1 Å². The number of hydrogen-bond acceptors (Lipinski definition) is 6. The molecule has 3 aromatic carbocycles. The average molecular weight is 713 g/mol. The van der Waals surface area contributed by atoms with Gasteiger partial charge in [0.15, 0.2) is 9.65 Å². The number of halogens is 1. The lowest BCUT2D eigenvalue weighted by molar-refractivity contribution is -0.943. The molecule has 0 saturated carbocycles. The third kappa shape index (κ3) is 5.92. The summed E-state index contributed by atoms with van der Waals surface area (Å²) < 4.78 is 18.2. The third-order valence-electron chi connectivity index (χ3n) is 9.42. The number of benzene rings is 3. The van der Waals surface area contributed by atoms with E-state index in [9.17, 15) is 14.7 Å². The van der Waals surface area contributed by atoms with Gasteiger partial charge in [-0.3, -0.25) is 10.1 Å². The van der Waals surface area contributed by atoms with Crippen LogP contribution in [0.3, 0.4) is 0 Å². The predicted molar refractivity (Wildman–Crippen MR) is 177 cm³/mol. The topological polar surface area (TPSA) is 109 Å². The highest BCUT2D eigenvalue weighted by Crippen LogP contribution is 2.61. The largest absolute Gasteiger partial charge is 0.495 e. The van der Waals surface area contributed by atoms with E-state index >= 15 is 0 Å². The van der Waals surface area contributed by atoms with Gasteiger partial charge in [0, 0.05) is 18.4 Å². The van der Waals surface area contributed by atoms with Gasteiger partial charge in [-0.2, -0.15) is 0 Å². The highest BCUT2D eigenvalue weighted by Gasteiger charge is 2.78. The Hall–Kier alpha value is -3.19. The molecule has 6 rings (SSSR count). The second-order valence-electron chi connectivity index (χ2n) is 12.4. The lowest BCUT2D eigenvalue weighted by Gasteiger charge is -2.50. The Bertz CT molecular complexity index is 1550. The number of piperidine rings is 1. The first-order valence-electron chi connectivity index (χ1n) is 15.0. The van der Waals surface area contributed by atoms with E-state index < -0.39 is 6.09 Å². The molecule has 9 nitrogen and oxygen atoms in total. The number of epoxide rings is 1. The maximum Gasteiger partial charge on any atom is 0.411 e. The van der Waals surface area contributed by atoms with Gasteiger partial charge in [0.2, 0.25) is 5.91 Å². The van der Waals surface area contributed by atoms with Gasteiger partial charge in [-0.25, -0.2) is 4.79 Å². The van der Waals surface area contributed by atoms with Crippen molar-refractivity contribution in [3.8, 4) is 16.9 Å². The van der Waals surface area contributed by atoms with Crippen LogP contribution in [0.15, 0.2) is 66.7 Å². The fourth-order valence-corrected chi connectivity index (χ4v) is 8.22. The Morgan fingerprint density at radius 2 is 1.82 bits per heavy atom. The number of alkyl halides is 1. The second kappa shape index (κ2) is 12.3. The van der Waals surface area contributed by atoms with Crippen LogP contribution in [0.4, 0.5) is 16.2 Å². The van der Waals surface area contributed by atoms with Crippen LogP contribution in [0.1, 0.15) is 36.8 Å². The van der Waals surface area contributed by atoms with Gasteiger partial charge in [0.25, 0.3) is 0 Å². The zero-order chi connectivity index (χ0) is 31.1. The number of rotatable bonds is 10. The molecule has 10 heteroatoms. The lowest BCUT2D eigenvalue weighted by Crippen LogP contribution is -2.65. The van der Waals surface area contributed by atoms with E-state index in [0.717, 1.165) is 34.0 Å². The number of anilines is 2. The minimum atomic E-state index is -0.453. The molecule has 0 unspecified atom stereocenters. The summed E-state index contributed by atoms with van der Waals surface area (Å²) in [5, 5.41) is 15.3. The van der Waals surface area contributed by atoms with Crippen molar-refractivity contribution in [3.63, 3.8) is 0 Å². The number of hydrogen-bond donors (Lipinski definition) is 3. The first-order chi connectivity index (χ1) is 21.1. The molecule has 232 valence electrons. The number of amides is 2.